The third kappa shape index (κ3) is 5.89. The summed E-state index contributed by atoms with van der Waals surface area (Å²) in [6.45, 7) is 10.2. The molecule has 166 valence electrons. The van der Waals surface area contributed by atoms with E-state index >= 15 is 0 Å². The lowest BCUT2D eigenvalue weighted by Gasteiger charge is -2.34. The molecule has 5 nitrogen and oxygen atoms in total. The summed E-state index contributed by atoms with van der Waals surface area (Å²) in [5.41, 5.74) is 6.03. The van der Waals surface area contributed by atoms with Gasteiger partial charge in [0.25, 0.3) is 0 Å². The van der Waals surface area contributed by atoms with Gasteiger partial charge in [0.1, 0.15) is 19.9 Å². The number of ether oxygens (including phenoxy) is 2. The van der Waals surface area contributed by atoms with E-state index in [4.69, 9.17) is 9.47 Å². The monoisotopic (exact) mass is 447 g/mol. The van der Waals surface area contributed by atoms with Crippen LogP contribution in [-0.4, -0.2) is 32.8 Å². The Labute approximate surface area is 191 Å². The Morgan fingerprint density at radius 1 is 1.06 bits per heavy atom. The zero-order valence-corrected chi connectivity index (χ0v) is 20.2. The third-order valence-corrected chi connectivity index (χ3v) is 5.79. The molecule has 2 atom stereocenters. The van der Waals surface area contributed by atoms with Crippen LogP contribution in [0.5, 0.6) is 5.75 Å². The maximum atomic E-state index is 13.3. The van der Waals surface area contributed by atoms with Crippen LogP contribution < -0.4 is 9.64 Å². The summed E-state index contributed by atoms with van der Waals surface area (Å²) in [6.07, 6.45) is 1.51. The molecule has 2 aromatic carbocycles. The Kier molecular flexibility index (Phi) is 7.21. The minimum absolute atomic E-state index is 0.0523. The van der Waals surface area contributed by atoms with Gasteiger partial charge >= 0.3 is 12.1 Å². The van der Waals surface area contributed by atoms with Crippen molar-refractivity contribution in [2.45, 2.75) is 39.5 Å². The molecular weight excluding hydrogens is 418 g/mol. The first-order valence-corrected chi connectivity index (χ1v) is 14.2. The largest absolute Gasteiger partial charge is 0.465 e. The fourth-order valence-corrected chi connectivity index (χ4v) is 4.00. The van der Waals surface area contributed by atoms with Crippen molar-refractivity contribution in [1.29, 1.82) is 0 Å². The maximum absolute atomic E-state index is 13.3. The van der Waals surface area contributed by atoms with Gasteiger partial charge in [0.2, 0.25) is 0 Å². The van der Waals surface area contributed by atoms with Gasteiger partial charge in [-0.3, -0.25) is 9.69 Å². The number of benzene rings is 2. The highest BCUT2D eigenvalue weighted by Crippen LogP contribution is 2.38. The molecule has 1 heterocycles. The maximum Gasteiger partial charge on any atom is 0.421 e. The molecule has 6 heteroatoms. The van der Waals surface area contributed by atoms with Crippen molar-refractivity contribution in [3.8, 4) is 17.2 Å². The zero-order valence-electron chi connectivity index (χ0n) is 19.2. The Bertz CT molecular complexity index is 1080. The molecule has 0 aromatic heterocycles. The molecule has 0 fully saturated rings. The molecule has 1 amide bonds. The Morgan fingerprint density at radius 3 is 2.38 bits per heavy atom. The van der Waals surface area contributed by atoms with Crippen LogP contribution in [0.3, 0.4) is 0 Å². The first-order chi connectivity index (χ1) is 15.2. The lowest BCUT2D eigenvalue weighted by atomic mass is 9.88. The van der Waals surface area contributed by atoms with Crippen LogP contribution in [0.15, 0.2) is 60.7 Å². The van der Waals surface area contributed by atoms with Gasteiger partial charge in [0, 0.05) is 18.4 Å². The van der Waals surface area contributed by atoms with E-state index in [9.17, 15) is 9.59 Å². The topological polar surface area (TPSA) is 55.8 Å². The van der Waals surface area contributed by atoms with Gasteiger partial charge in [-0.05, 0) is 29.8 Å². The van der Waals surface area contributed by atoms with Gasteiger partial charge in [0.05, 0.1) is 12.3 Å². The van der Waals surface area contributed by atoms with Crippen LogP contribution in [0.2, 0.25) is 19.6 Å². The Balaban J connectivity index is 2.05. The molecule has 1 aliphatic rings. The second kappa shape index (κ2) is 9.88. The zero-order chi connectivity index (χ0) is 23.3. The van der Waals surface area contributed by atoms with Crippen LogP contribution in [0.4, 0.5) is 10.5 Å². The van der Waals surface area contributed by atoms with Crippen LogP contribution >= 0.6 is 0 Å². The summed E-state index contributed by atoms with van der Waals surface area (Å²) < 4.78 is 10.9. The van der Waals surface area contributed by atoms with Crippen molar-refractivity contribution in [3.63, 3.8) is 0 Å². The fraction of sp³-hybridized carbons (Fsp3) is 0.308. The molecule has 0 saturated carbocycles. The number of hydrogen-bond acceptors (Lipinski definition) is 4. The molecule has 0 bridgehead atoms. The molecule has 3 rings (SSSR count). The number of anilines is 1. The molecule has 0 saturated heterocycles. The molecule has 0 aliphatic carbocycles. The Morgan fingerprint density at radius 2 is 1.72 bits per heavy atom. The second-order valence-electron chi connectivity index (χ2n) is 8.86. The van der Waals surface area contributed by atoms with Crippen LogP contribution in [0.25, 0.3) is 5.57 Å². The second-order valence-corrected chi connectivity index (χ2v) is 13.6. The van der Waals surface area contributed by atoms with Crippen molar-refractivity contribution in [2.24, 2.45) is 5.92 Å². The fourth-order valence-electron chi connectivity index (χ4n) is 3.42. The number of nitrogens with zero attached hydrogens (tertiary/aromatic N) is 1. The van der Waals surface area contributed by atoms with E-state index < -0.39 is 20.2 Å². The van der Waals surface area contributed by atoms with E-state index in [0.29, 0.717) is 5.75 Å². The summed E-state index contributed by atoms with van der Waals surface area (Å²) >= 11 is 0. The van der Waals surface area contributed by atoms with Crippen molar-refractivity contribution in [2.75, 3.05) is 11.5 Å². The van der Waals surface area contributed by atoms with Gasteiger partial charge < -0.3 is 9.47 Å². The number of carbonyl (C=O) groups is 2. The average molecular weight is 448 g/mol. The number of amides is 1. The van der Waals surface area contributed by atoms with E-state index in [1.807, 2.05) is 55.5 Å². The van der Waals surface area contributed by atoms with Crippen LogP contribution in [0, 0.1) is 17.4 Å². The predicted molar refractivity (Wildman–Crippen MR) is 130 cm³/mol. The average Bonchev–Trinajstić information content (AvgIpc) is 2.75. The van der Waals surface area contributed by atoms with E-state index in [1.54, 1.807) is 17.0 Å². The summed E-state index contributed by atoms with van der Waals surface area (Å²) in [6, 6.07) is 16.2. The third-order valence-electron chi connectivity index (χ3n) is 4.90. The molecule has 0 spiro atoms. The van der Waals surface area contributed by atoms with Gasteiger partial charge in [-0.1, -0.05) is 68.9 Å². The smallest absolute Gasteiger partial charge is 0.421 e. The molecule has 0 radical (unpaired) electrons. The van der Waals surface area contributed by atoms with Crippen molar-refractivity contribution >= 4 is 31.4 Å². The van der Waals surface area contributed by atoms with E-state index in [2.05, 4.69) is 31.1 Å². The number of fused-ring (bicyclic) bond motifs is 1. The number of para-hydroxylation sites is 2. The van der Waals surface area contributed by atoms with Gasteiger partial charge in [-0.25, -0.2) is 4.79 Å². The normalized spacial score (nSPS) is 16.1. The van der Waals surface area contributed by atoms with Crippen molar-refractivity contribution in [3.05, 3.63) is 66.2 Å². The standard InChI is InChI=1S/C26H29NO4Si/c1-19(18-30-20(2)28)24-17-21(15-16-32(3,4)5)27(25-14-10-9-13-23(24)25)26(29)31-22-11-7-6-8-12-22/h6-14,17,19,21H,18H2,1-5H3/t19-,21+/m0/s1. The summed E-state index contributed by atoms with van der Waals surface area (Å²) in [7, 11) is -1.69. The summed E-state index contributed by atoms with van der Waals surface area (Å²) in [5, 5.41) is 0. The molecular formula is C26H29NO4Si. The number of rotatable bonds is 4. The lowest BCUT2D eigenvalue weighted by molar-refractivity contribution is -0.141. The lowest BCUT2D eigenvalue weighted by Crippen LogP contribution is -2.43. The van der Waals surface area contributed by atoms with Crippen LogP contribution in [0.1, 0.15) is 19.4 Å². The van der Waals surface area contributed by atoms with Gasteiger partial charge in [0.15, 0.2) is 0 Å². The van der Waals surface area contributed by atoms with Gasteiger partial charge in [-0.2, -0.15) is 0 Å². The number of carbonyl (C=O) groups excluding carboxylic acids is 2. The molecule has 32 heavy (non-hydrogen) atoms. The minimum atomic E-state index is -1.69. The molecule has 1 aliphatic heterocycles. The summed E-state index contributed by atoms with van der Waals surface area (Å²) in [5.74, 6) is 3.43. The molecule has 2 aromatic rings. The van der Waals surface area contributed by atoms with Crippen molar-refractivity contribution < 1.29 is 19.1 Å². The summed E-state index contributed by atoms with van der Waals surface area (Å²) in [4.78, 5) is 26.3. The first kappa shape index (κ1) is 23.4. The van der Waals surface area contributed by atoms with E-state index in [1.165, 1.54) is 6.92 Å². The predicted octanol–water partition coefficient (Wildman–Crippen LogP) is 5.54. The quantitative estimate of drug-likeness (QED) is 0.351. The number of esters is 1. The van der Waals surface area contributed by atoms with E-state index in [0.717, 1.165) is 16.8 Å². The van der Waals surface area contributed by atoms with Crippen molar-refractivity contribution in [1.82, 2.24) is 0 Å². The minimum Gasteiger partial charge on any atom is -0.465 e. The Hall–Kier alpha value is -3.30. The molecule has 0 N–H and O–H groups in total. The van der Waals surface area contributed by atoms with Gasteiger partial charge in [-0.15, -0.1) is 5.54 Å². The molecule has 0 unspecified atom stereocenters. The first-order valence-electron chi connectivity index (χ1n) is 10.7. The highest BCUT2D eigenvalue weighted by Gasteiger charge is 2.33. The van der Waals surface area contributed by atoms with E-state index in [-0.39, 0.29) is 18.5 Å². The number of hydrogen-bond donors (Lipinski definition) is 0. The SMILES string of the molecule is CC(=O)OC[C@H](C)C1=C[C@@H](C#C[Si](C)(C)C)N(C(=O)Oc2ccccc2)c2ccccc21. The van der Waals surface area contributed by atoms with Crippen LogP contribution in [-0.2, 0) is 9.53 Å². The highest BCUT2D eigenvalue weighted by atomic mass is 28.3. The highest BCUT2D eigenvalue weighted by molar-refractivity contribution is 6.83.